The van der Waals surface area contributed by atoms with Gasteiger partial charge in [-0.3, -0.25) is 4.79 Å². The highest BCUT2D eigenvalue weighted by Gasteiger charge is 2.26. The first kappa shape index (κ1) is 13.9. The number of hydrogen-bond acceptors (Lipinski definition) is 2. The largest absolute Gasteiger partial charge is 0.353 e. The summed E-state index contributed by atoms with van der Waals surface area (Å²) < 4.78 is 0. The lowest BCUT2D eigenvalue weighted by atomic mass is 9.80. The van der Waals surface area contributed by atoms with Gasteiger partial charge in [-0.05, 0) is 56.9 Å². The van der Waals surface area contributed by atoms with E-state index in [4.69, 9.17) is 0 Å². The molecule has 1 saturated carbocycles. The van der Waals surface area contributed by atoms with Crippen LogP contribution in [0.1, 0.15) is 58.8 Å². The number of nitrogens with one attached hydrogen (secondary N) is 2. The maximum Gasteiger partial charge on any atom is 0.220 e. The summed E-state index contributed by atoms with van der Waals surface area (Å²) in [5, 5.41) is 6.70. The van der Waals surface area contributed by atoms with Crippen LogP contribution in [0, 0.1) is 11.8 Å². The van der Waals surface area contributed by atoms with Crippen molar-refractivity contribution in [2.75, 3.05) is 6.54 Å². The van der Waals surface area contributed by atoms with Gasteiger partial charge in [0.1, 0.15) is 0 Å². The summed E-state index contributed by atoms with van der Waals surface area (Å²) >= 11 is 0. The molecule has 4 atom stereocenters. The molecule has 3 heteroatoms. The Morgan fingerprint density at radius 3 is 2.78 bits per heavy atom. The molecule has 2 N–H and O–H groups in total. The standard InChI is InChI=1S/C15H28N2O/c1-11-5-7-14(12(2)10-11)17-15(18)8-6-13-4-3-9-16-13/h11-14,16H,3-10H2,1-2H3,(H,17,18). The number of carbonyl (C=O) groups is 1. The molecule has 2 aliphatic rings. The number of amides is 1. The molecule has 104 valence electrons. The van der Waals surface area contributed by atoms with Crippen LogP contribution < -0.4 is 10.6 Å². The Hall–Kier alpha value is -0.570. The fourth-order valence-electron chi connectivity index (χ4n) is 3.47. The SMILES string of the molecule is CC1CCC(NC(=O)CCC2CCCN2)C(C)C1. The molecule has 0 bridgehead atoms. The third kappa shape index (κ3) is 3.98. The molecular weight excluding hydrogens is 224 g/mol. The number of rotatable bonds is 4. The lowest BCUT2D eigenvalue weighted by Gasteiger charge is -2.33. The monoisotopic (exact) mass is 252 g/mol. The average Bonchev–Trinajstić information content (AvgIpc) is 2.83. The molecule has 1 aliphatic heterocycles. The first-order valence-corrected chi connectivity index (χ1v) is 7.68. The van der Waals surface area contributed by atoms with Crippen molar-refractivity contribution in [3.63, 3.8) is 0 Å². The minimum absolute atomic E-state index is 0.259. The molecule has 0 radical (unpaired) electrons. The Bertz CT molecular complexity index is 274. The summed E-state index contributed by atoms with van der Waals surface area (Å²) in [5.41, 5.74) is 0. The summed E-state index contributed by atoms with van der Waals surface area (Å²) in [6.45, 7) is 5.73. The topological polar surface area (TPSA) is 41.1 Å². The van der Waals surface area contributed by atoms with Crippen molar-refractivity contribution in [1.29, 1.82) is 0 Å². The zero-order valence-corrected chi connectivity index (χ0v) is 11.9. The van der Waals surface area contributed by atoms with E-state index < -0.39 is 0 Å². The van der Waals surface area contributed by atoms with E-state index >= 15 is 0 Å². The second kappa shape index (κ2) is 6.55. The third-order valence-electron chi connectivity index (χ3n) is 4.66. The van der Waals surface area contributed by atoms with Crippen molar-refractivity contribution in [1.82, 2.24) is 10.6 Å². The summed E-state index contributed by atoms with van der Waals surface area (Å²) in [5.74, 6) is 1.73. The molecular formula is C15H28N2O. The molecule has 2 fully saturated rings. The van der Waals surface area contributed by atoms with Gasteiger partial charge in [-0.25, -0.2) is 0 Å². The predicted octanol–water partition coefficient (Wildman–Crippen LogP) is 2.46. The van der Waals surface area contributed by atoms with Gasteiger partial charge in [-0.2, -0.15) is 0 Å². The smallest absolute Gasteiger partial charge is 0.220 e. The zero-order chi connectivity index (χ0) is 13.0. The molecule has 3 nitrogen and oxygen atoms in total. The Labute approximate surface area is 111 Å². The van der Waals surface area contributed by atoms with E-state index in [1.807, 2.05) is 0 Å². The molecule has 0 aromatic rings. The van der Waals surface area contributed by atoms with Gasteiger partial charge in [0.25, 0.3) is 0 Å². The first-order chi connectivity index (χ1) is 8.65. The van der Waals surface area contributed by atoms with Crippen LogP contribution in [-0.4, -0.2) is 24.5 Å². The fraction of sp³-hybridized carbons (Fsp3) is 0.933. The first-order valence-electron chi connectivity index (χ1n) is 7.68. The Morgan fingerprint density at radius 2 is 2.11 bits per heavy atom. The van der Waals surface area contributed by atoms with Crippen molar-refractivity contribution in [3.05, 3.63) is 0 Å². The second-order valence-corrected chi connectivity index (χ2v) is 6.40. The van der Waals surface area contributed by atoms with Gasteiger partial charge >= 0.3 is 0 Å². The lowest BCUT2D eigenvalue weighted by Crippen LogP contribution is -2.42. The van der Waals surface area contributed by atoms with E-state index in [-0.39, 0.29) is 5.91 Å². The van der Waals surface area contributed by atoms with E-state index in [0.717, 1.165) is 25.3 Å². The maximum atomic E-state index is 12.0. The van der Waals surface area contributed by atoms with Gasteiger partial charge < -0.3 is 10.6 Å². The highest BCUT2D eigenvalue weighted by molar-refractivity contribution is 5.76. The van der Waals surface area contributed by atoms with Gasteiger partial charge in [0.15, 0.2) is 0 Å². The molecule has 0 spiro atoms. The molecule has 18 heavy (non-hydrogen) atoms. The summed E-state index contributed by atoms with van der Waals surface area (Å²) in [6, 6.07) is 1.00. The average molecular weight is 252 g/mol. The van der Waals surface area contributed by atoms with Gasteiger partial charge in [0.05, 0.1) is 0 Å². The molecule has 2 rings (SSSR count). The summed E-state index contributed by atoms with van der Waals surface area (Å²) in [4.78, 5) is 12.0. The second-order valence-electron chi connectivity index (χ2n) is 6.40. The highest BCUT2D eigenvalue weighted by atomic mass is 16.1. The molecule has 1 saturated heterocycles. The van der Waals surface area contributed by atoms with Crippen LogP contribution in [0.5, 0.6) is 0 Å². The fourth-order valence-corrected chi connectivity index (χ4v) is 3.47. The van der Waals surface area contributed by atoms with Crippen molar-refractivity contribution in [2.24, 2.45) is 11.8 Å². The normalized spacial score (nSPS) is 36.6. The van der Waals surface area contributed by atoms with Crippen LogP contribution in [0.15, 0.2) is 0 Å². The van der Waals surface area contributed by atoms with Crippen LogP contribution in [0.25, 0.3) is 0 Å². The molecule has 1 aliphatic carbocycles. The van der Waals surface area contributed by atoms with Crippen molar-refractivity contribution >= 4 is 5.91 Å². The van der Waals surface area contributed by atoms with Crippen LogP contribution >= 0.6 is 0 Å². The molecule has 0 aromatic carbocycles. The van der Waals surface area contributed by atoms with E-state index in [9.17, 15) is 4.79 Å². The van der Waals surface area contributed by atoms with Crippen LogP contribution in [0.2, 0.25) is 0 Å². The quantitative estimate of drug-likeness (QED) is 0.807. The minimum Gasteiger partial charge on any atom is -0.353 e. The Balaban J connectivity index is 1.66. The summed E-state index contributed by atoms with van der Waals surface area (Å²) in [6.07, 6.45) is 7.89. The molecule has 0 aromatic heterocycles. The predicted molar refractivity (Wildman–Crippen MR) is 74.4 cm³/mol. The van der Waals surface area contributed by atoms with E-state index in [2.05, 4.69) is 24.5 Å². The van der Waals surface area contributed by atoms with Crippen LogP contribution in [0.3, 0.4) is 0 Å². The van der Waals surface area contributed by atoms with E-state index in [1.54, 1.807) is 0 Å². The van der Waals surface area contributed by atoms with Gasteiger partial charge in [-0.1, -0.05) is 13.8 Å². The number of carbonyl (C=O) groups excluding carboxylic acids is 1. The van der Waals surface area contributed by atoms with Gasteiger partial charge in [0.2, 0.25) is 5.91 Å². The van der Waals surface area contributed by atoms with Gasteiger partial charge in [0, 0.05) is 18.5 Å². The molecule has 1 heterocycles. The maximum absolute atomic E-state index is 12.0. The Morgan fingerprint density at radius 1 is 1.28 bits per heavy atom. The van der Waals surface area contributed by atoms with E-state index in [0.29, 0.717) is 24.4 Å². The third-order valence-corrected chi connectivity index (χ3v) is 4.66. The van der Waals surface area contributed by atoms with Crippen molar-refractivity contribution < 1.29 is 4.79 Å². The minimum atomic E-state index is 0.259. The van der Waals surface area contributed by atoms with E-state index in [1.165, 1.54) is 25.7 Å². The lowest BCUT2D eigenvalue weighted by molar-refractivity contribution is -0.122. The van der Waals surface area contributed by atoms with Crippen molar-refractivity contribution in [2.45, 2.75) is 70.9 Å². The number of hydrogen-bond donors (Lipinski definition) is 2. The van der Waals surface area contributed by atoms with Crippen LogP contribution in [0.4, 0.5) is 0 Å². The summed E-state index contributed by atoms with van der Waals surface area (Å²) in [7, 11) is 0. The Kier molecular flexibility index (Phi) is 5.04. The van der Waals surface area contributed by atoms with Crippen LogP contribution in [-0.2, 0) is 4.79 Å². The molecule has 1 amide bonds. The van der Waals surface area contributed by atoms with Gasteiger partial charge in [-0.15, -0.1) is 0 Å². The highest BCUT2D eigenvalue weighted by Crippen LogP contribution is 2.28. The van der Waals surface area contributed by atoms with Crippen molar-refractivity contribution in [3.8, 4) is 0 Å². The molecule has 4 unspecified atom stereocenters. The zero-order valence-electron chi connectivity index (χ0n) is 11.9.